The van der Waals surface area contributed by atoms with Crippen molar-refractivity contribution in [3.8, 4) is 17.1 Å². The van der Waals surface area contributed by atoms with Crippen molar-refractivity contribution >= 4 is 28.4 Å². The molecule has 36 heavy (non-hydrogen) atoms. The Morgan fingerprint density at radius 3 is 2.81 bits per heavy atom. The van der Waals surface area contributed by atoms with Crippen molar-refractivity contribution in [1.82, 2.24) is 25.1 Å². The first kappa shape index (κ1) is 25.5. The van der Waals surface area contributed by atoms with E-state index in [9.17, 15) is 9.18 Å². The minimum atomic E-state index is -0.514. The number of aromatic nitrogens is 4. The number of hydrogen-bond acceptors (Lipinski definition) is 6. The lowest BCUT2D eigenvalue weighted by Gasteiger charge is -2.20. The Morgan fingerprint density at radius 2 is 2.08 bits per heavy atom. The molecule has 0 radical (unpaired) electrons. The van der Waals surface area contributed by atoms with E-state index >= 15 is 0 Å². The van der Waals surface area contributed by atoms with Gasteiger partial charge >= 0.3 is 0 Å². The molecule has 0 saturated heterocycles. The highest BCUT2D eigenvalue weighted by molar-refractivity contribution is 6.31. The van der Waals surface area contributed by atoms with E-state index in [4.69, 9.17) is 26.1 Å². The lowest BCUT2D eigenvalue weighted by atomic mass is 10.0. The van der Waals surface area contributed by atoms with Crippen LogP contribution < -0.4 is 10.1 Å². The zero-order chi connectivity index (χ0) is 25.8. The highest BCUT2D eigenvalue weighted by Crippen LogP contribution is 2.34. The summed E-state index contributed by atoms with van der Waals surface area (Å²) in [6.45, 7) is 5.85. The fourth-order valence-corrected chi connectivity index (χ4v) is 4.33. The predicted octanol–water partition coefficient (Wildman–Crippen LogP) is 4.92. The standard InChI is InChI=1S/C26H27ClFN5O3/c1-5-35-13-24(34)32-16(3)19-10-17(28)11-22(27)21(19)12-36-23-8-6-7-18-20(9-15(2)31-25(18)23)26-29-14-30-33(26)4/h6-11,14,16H,5,12-13H2,1-4H3,(H,32,34)/t16-/m0/s1. The van der Waals surface area contributed by atoms with E-state index in [1.165, 1.54) is 18.5 Å². The molecule has 0 saturated carbocycles. The lowest BCUT2D eigenvalue weighted by molar-refractivity contribution is -0.126. The quantitative estimate of drug-likeness (QED) is 0.343. The lowest BCUT2D eigenvalue weighted by Crippen LogP contribution is -2.31. The van der Waals surface area contributed by atoms with Crippen LogP contribution in [0.25, 0.3) is 22.3 Å². The van der Waals surface area contributed by atoms with Crippen LogP contribution in [0.1, 0.15) is 36.7 Å². The zero-order valence-electron chi connectivity index (χ0n) is 20.5. The van der Waals surface area contributed by atoms with E-state index in [0.29, 0.717) is 34.8 Å². The molecule has 0 aliphatic rings. The molecule has 188 valence electrons. The number of aryl methyl sites for hydroxylation is 2. The van der Waals surface area contributed by atoms with Crippen molar-refractivity contribution in [2.24, 2.45) is 7.05 Å². The summed E-state index contributed by atoms with van der Waals surface area (Å²) >= 11 is 6.43. The minimum absolute atomic E-state index is 0.0497. The maximum absolute atomic E-state index is 14.3. The number of nitrogens with one attached hydrogen (secondary N) is 1. The maximum atomic E-state index is 14.3. The second kappa shape index (κ2) is 11.0. The molecule has 1 N–H and O–H groups in total. The van der Waals surface area contributed by atoms with Crippen LogP contribution in [-0.4, -0.2) is 38.9 Å². The molecular formula is C26H27ClFN5O3. The molecule has 1 amide bonds. The summed E-state index contributed by atoms with van der Waals surface area (Å²) in [6, 6.07) is 9.67. The molecule has 8 nitrogen and oxygen atoms in total. The van der Waals surface area contributed by atoms with Crippen molar-refractivity contribution < 1.29 is 18.7 Å². The molecule has 1 atom stereocenters. The first-order chi connectivity index (χ1) is 17.3. The first-order valence-electron chi connectivity index (χ1n) is 11.5. The summed E-state index contributed by atoms with van der Waals surface area (Å²) < 4.78 is 27.3. The Hall–Kier alpha value is -3.56. The van der Waals surface area contributed by atoms with E-state index in [1.54, 1.807) is 18.5 Å². The Bertz CT molecular complexity index is 1410. The van der Waals surface area contributed by atoms with E-state index in [0.717, 1.165) is 16.6 Å². The van der Waals surface area contributed by atoms with E-state index in [2.05, 4.69) is 15.4 Å². The SMILES string of the molecule is CCOCC(=O)N[C@@H](C)c1cc(F)cc(Cl)c1COc1cccc2c(-c3ncnn3C)cc(C)nc12. The number of ether oxygens (including phenoxy) is 2. The number of carbonyl (C=O) groups is 1. The summed E-state index contributed by atoms with van der Waals surface area (Å²) in [5.74, 6) is 0.448. The zero-order valence-corrected chi connectivity index (χ0v) is 21.3. The summed E-state index contributed by atoms with van der Waals surface area (Å²) in [5.41, 5.74) is 3.43. The molecular weight excluding hydrogens is 485 g/mol. The number of nitrogens with zero attached hydrogens (tertiary/aromatic N) is 4. The van der Waals surface area contributed by atoms with Crippen LogP contribution in [0.3, 0.4) is 0 Å². The third-order valence-electron chi connectivity index (χ3n) is 5.73. The van der Waals surface area contributed by atoms with Gasteiger partial charge in [-0.2, -0.15) is 5.10 Å². The van der Waals surface area contributed by atoms with Gasteiger partial charge in [-0.3, -0.25) is 4.79 Å². The fraction of sp³-hybridized carbons (Fsp3) is 0.308. The predicted molar refractivity (Wildman–Crippen MR) is 135 cm³/mol. The van der Waals surface area contributed by atoms with Crippen LogP contribution in [0.4, 0.5) is 4.39 Å². The Kier molecular flexibility index (Phi) is 7.81. The molecule has 2 aromatic carbocycles. The van der Waals surface area contributed by atoms with Gasteiger partial charge in [-0.15, -0.1) is 0 Å². The van der Waals surface area contributed by atoms with Gasteiger partial charge in [0, 0.05) is 35.9 Å². The van der Waals surface area contributed by atoms with Crippen LogP contribution in [0.15, 0.2) is 42.7 Å². The van der Waals surface area contributed by atoms with Gasteiger partial charge in [0.25, 0.3) is 0 Å². The first-order valence-corrected chi connectivity index (χ1v) is 11.9. The number of pyridine rings is 1. The van der Waals surface area contributed by atoms with Gasteiger partial charge in [-0.25, -0.2) is 19.0 Å². The number of rotatable bonds is 9. The second-order valence-electron chi connectivity index (χ2n) is 8.34. The number of carbonyl (C=O) groups excluding carboxylic acids is 1. The molecule has 4 rings (SSSR count). The van der Waals surface area contributed by atoms with Crippen molar-refractivity contribution in [3.63, 3.8) is 0 Å². The smallest absolute Gasteiger partial charge is 0.246 e. The molecule has 2 aromatic heterocycles. The van der Waals surface area contributed by atoms with Crippen molar-refractivity contribution in [2.75, 3.05) is 13.2 Å². The minimum Gasteiger partial charge on any atom is -0.487 e. The van der Waals surface area contributed by atoms with Gasteiger partial charge in [0.1, 0.15) is 36.6 Å². The summed E-state index contributed by atoms with van der Waals surface area (Å²) in [5, 5.41) is 8.06. The van der Waals surface area contributed by atoms with Gasteiger partial charge < -0.3 is 14.8 Å². The molecule has 0 aliphatic carbocycles. The Morgan fingerprint density at radius 1 is 1.28 bits per heavy atom. The number of halogens is 2. The third-order valence-corrected chi connectivity index (χ3v) is 6.07. The molecule has 2 heterocycles. The number of hydrogen-bond donors (Lipinski definition) is 1. The average molecular weight is 512 g/mol. The molecule has 0 bridgehead atoms. The molecule has 4 aromatic rings. The van der Waals surface area contributed by atoms with Gasteiger partial charge in [-0.05, 0) is 50.6 Å². The van der Waals surface area contributed by atoms with Crippen LogP contribution in [0, 0.1) is 12.7 Å². The molecule has 10 heteroatoms. The monoisotopic (exact) mass is 511 g/mol. The van der Waals surface area contributed by atoms with Gasteiger partial charge in [0.15, 0.2) is 5.82 Å². The number of amides is 1. The van der Waals surface area contributed by atoms with Crippen LogP contribution in [-0.2, 0) is 23.2 Å². The van der Waals surface area contributed by atoms with Crippen molar-refractivity contribution in [1.29, 1.82) is 0 Å². The van der Waals surface area contributed by atoms with E-state index in [-0.39, 0.29) is 24.1 Å². The highest BCUT2D eigenvalue weighted by atomic mass is 35.5. The fourth-order valence-electron chi connectivity index (χ4n) is 4.06. The number of fused-ring (bicyclic) bond motifs is 1. The highest BCUT2D eigenvalue weighted by Gasteiger charge is 2.19. The molecule has 0 spiro atoms. The van der Waals surface area contributed by atoms with Crippen molar-refractivity contribution in [3.05, 3.63) is 70.4 Å². The van der Waals surface area contributed by atoms with Crippen LogP contribution in [0.2, 0.25) is 5.02 Å². The number of benzene rings is 2. The average Bonchev–Trinajstić information content (AvgIpc) is 3.26. The Labute approximate surface area is 213 Å². The maximum Gasteiger partial charge on any atom is 0.246 e. The van der Waals surface area contributed by atoms with Crippen LogP contribution >= 0.6 is 11.6 Å². The summed E-state index contributed by atoms with van der Waals surface area (Å²) in [6.07, 6.45) is 1.50. The van der Waals surface area contributed by atoms with Crippen LogP contribution in [0.5, 0.6) is 5.75 Å². The van der Waals surface area contributed by atoms with Gasteiger partial charge in [-0.1, -0.05) is 23.7 Å². The van der Waals surface area contributed by atoms with Gasteiger partial charge in [0.05, 0.1) is 11.1 Å². The largest absolute Gasteiger partial charge is 0.487 e. The van der Waals surface area contributed by atoms with Crippen molar-refractivity contribution in [2.45, 2.75) is 33.4 Å². The second-order valence-corrected chi connectivity index (χ2v) is 8.75. The van der Waals surface area contributed by atoms with Gasteiger partial charge in [0.2, 0.25) is 5.91 Å². The summed E-state index contributed by atoms with van der Waals surface area (Å²) in [7, 11) is 1.83. The molecule has 0 fully saturated rings. The Balaban J connectivity index is 1.66. The topological polar surface area (TPSA) is 91.2 Å². The normalized spacial score (nSPS) is 12.1. The summed E-state index contributed by atoms with van der Waals surface area (Å²) in [4.78, 5) is 21.2. The number of para-hydroxylation sites is 1. The molecule has 0 aliphatic heterocycles. The van der Waals surface area contributed by atoms with E-state index < -0.39 is 11.9 Å². The van der Waals surface area contributed by atoms with E-state index in [1.807, 2.05) is 38.2 Å². The molecule has 0 unspecified atom stereocenters. The third kappa shape index (κ3) is 5.47.